The van der Waals surface area contributed by atoms with Gasteiger partial charge < -0.3 is 15.4 Å². The van der Waals surface area contributed by atoms with Crippen molar-refractivity contribution in [3.8, 4) is 0 Å². The van der Waals surface area contributed by atoms with E-state index in [9.17, 15) is 14.4 Å². The third-order valence-corrected chi connectivity index (χ3v) is 3.74. The minimum Gasteiger partial charge on any atom is -0.353 e. The van der Waals surface area contributed by atoms with Crippen molar-refractivity contribution in [2.45, 2.75) is 84.2 Å². The van der Waals surface area contributed by atoms with Gasteiger partial charge in [-0.3, -0.25) is 9.59 Å². The molecule has 0 fully saturated rings. The van der Waals surface area contributed by atoms with Crippen LogP contribution in [0, 0.1) is 0 Å². The Hall–Kier alpha value is -1.23. The van der Waals surface area contributed by atoms with E-state index >= 15 is 0 Å². The highest BCUT2D eigenvalue weighted by atomic mass is 16.2. The van der Waals surface area contributed by atoms with Crippen molar-refractivity contribution in [2.24, 2.45) is 0 Å². The fourth-order valence-electron chi connectivity index (χ4n) is 2.45. The quantitative estimate of drug-likeness (QED) is 0.512. The molecule has 0 rings (SSSR count). The van der Waals surface area contributed by atoms with Gasteiger partial charge in [-0.2, -0.15) is 0 Å². The number of ketones is 2. The van der Waals surface area contributed by atoms with Gasteiger partial charge in [-0.05, 0) is 33.7 Å². The molecule has 0 aliphatic rings. The van der Waals surface area contributed by atoms with Crippen molar-refractivity contribution in [1.29, 1.82) is 0 Å². The summed E-state index contributed by atoms with van der Waals surface area (Å²) in [6.07, 6.45) is 5.97. The molecule has 22 heavy (non-hydrogen) atoms. The lowest BCUT2D eigenvalue weighted by Gasteiger charge is -2.20. The van der Waals surface area contributed by atoms with Gasteiger partial charge in [-0.15, -0.1) is 0 Å². The summed E-state index contributed by atoms with van der Waals surface area (Å²) in [5, 5.41) is 6.05. The lowest BCUT2D eigenvalue weighted by atomic mass is 10.0. The van der Waals surface area contributed by atoms with Crippen LogP contribution < -0.4 is 10.6 Å². The van der Waals surface area contributed by atoms with Crippen LogP contribution in [0.5, 0.6) is 0 Å². The van der Waals surface area contributed by atoms with E-state index in [2.05, 4.69) is 17.6 Å². The molecule has 5 nitrogen and oxygen atoms in total. The molecule has 0 aromatic rings. The van der Waals surface area contributed by atoms with E-state index in [1.54, 1.807) is 20.9 Å². The van der Waals surface area contributed by atoms with E-state index in [-0.39, 0.29) is 29.6 Å². The van der Waals surface area contributed by atoms with E-state index in [1.165, 1.54) is 0 Å². The van der Waals surface area contributed by atoms with Gasteiger partial charge in [0.05, 0.1) is 0 Å². The van der Waals surface area contributed by atoms with Gasteiger partial charge in [0, 0.05) is 31.3 Å². The average Bonchev–Trinajstić information content (AvgIpc) is 2.42. The summed E-state index contributed by atoms with van der Waals surface area (Å²) < 4.78 is 0. The number of nitrogens with one attached hydrogen (secondary N) is 2. The normalized spacial score (nSPS) is 13.5. The Labute approximate surface area is 134 Å². The van der Waals surface area contributed by atoms with Gasteiger partial charge in [0.1, 0.15) is 11.6 Å². The number of amides is 1. The summed E-state index contributed by atoms with van der Waals surface area (Å²) >= 11 is 0. The summed E-state index contributed by atoms with van der Waals surface area (Å²) in [6.45, 7) is 5.25. The van der Waals surface area contributed by atoms with Crippen LogP contribution in [0.1, 0.15) is 72.1 Å². The molecule has 0 spiro atoms. The fourth-order valence-corrected chi connectivity index (χ4v) is 2.45. The molecule has 2 N–H and O–H groups in total. The molecule has 0 saturated heterocycles. The van der Waals surface area contributed by atoms with Crippen molar-refractivity contribution < 1.29 is 14.4 Å². The number of carbonyl (C=O) groups excluding carboxylic acids is 3. The number of unbranched alkanes of at least 4 members (excludes halogenated alkanes) is 2. The van der Waals surface area contributed by atoms with Crippen LogP contribution in [0.3, 0.4) is 0 Å². The van der Waals surface area contributed by atoms with Crippen molar-refractivity contribution in [3.63, 3.8) is 0 Å². The predicted molar refractivity (Wildman–Crippen MR) is 88.8 cm³/mol. The van der Waals surface area contributed by atoms with Crippen LogP contribution in [-0.4, -0.2) is 36.6 Å². The average molecular weight is 312 g/mol. The third-order valence-electron chi connectivity index (χ3n) is 3.74. The number of hydrogen-bond acceptors (Lipinski definition) is 4. The van der Waals surface area contributed by atoms with E-state index in [0.717, 1.165) is 25.7 Å². The first-order chi connectivity index (χ1) is 10.4. The zero-order valence-corrected chi connectivity index (χ0v) is 14.5. The molecular weight excluding hydrogens is 280 g/mol. The highest BCUT2D eigenvalue weighted by Crippen LogP contribution is 2.09. The van der Waals surface area contributed by atoms with Crippen LogP contribution in [-0.2, 0) is 14.4 Å². The molecule has 2 unspecified atom stereocenters. The molecule has 0 aromatic carbocycles. The number of carbonyl (C=O) groups is 3. The second kappa shape index (κ2) is 12.3. The maximum Gasteiger partial charge on any atom is 0.221 e. The summed E-state index contributed by atoms with van der Waals surface area (Å²) in [7, 11) is 1.80. The standard InChI is InChI=1S/C17H32N2O3/c1-5-6-7-8-16(11-14(3)21)19-17(22)12-15(18-4)10-9-13(2)20/h15-16,18H,5-12H2,1-4H3,(H,19,22). The third kappa shape index (κ3) is 11.4. The SMILES string of the molecule is CCCCCC(CC(C)=O)NC(=O)CC(CCC(C)=O)NC. The molecule has 1 amide bonds. The summed E-state index contributed by atoms with van der Waals surface area (Å²) in [6, 6.07) is -0.0700. The van der Waals surface area contributed by atoms with Crippen LogP contribution in [0.15, 0.2) is 0 Å². The van der Waals surface area contributed by atoms with E-state index < -0.39 is 0 Å². The molecule has 128 valence electrons. The highest BCUT2D eigenvalue weighted by molar-refractivity contribution is 5.80. The molecule has 0 bridgehead atoms. The minimum absolute atomic E-state index is 0.00230. The van der Waals surface area contributed by atoms with E-state index in [1.807, 2.05) is 0 Å². The van der Waals surface area contributed by atoms with Gasteiger partial charge in [0.15, 0.2) is 0 Å². The molecular formula is C17H32N2O3. The highest BCUT2D eigenvalue weighted by Gasteiger charge is 2.17. The van der Waals surface area contributed by atoms with E-state index in [0.29, 0.717) is 25.7 Å². The molecule has 0 aromatic heterocycles. The number of rotatable bonds is 13. The number of Topliss-reactive ketones (excluding diaryl/α,β-unsaturated/α-hetero) is 2. The Morgan fingerprint density at radius 3 is 2.09 bits per heavy atom. The Bertz CT molecular complexity index is 356. The summed E-state index contributed by atoms with van der Waals surface area (Å²) in [4.78, 5) is 34.5. The topological polar surface area (TPSA) is 75.3 Å². The predicted octanol–water partition coefficient (Wildman–Crippen LogP) is 2.38. The largest absolute Gasteiger partial charge is 0.353 e. The summed E-state index contributed by atoms with van der Waals surface area (Å²) in [5.74, 6) is 0.184. The Morgan fingerprint density at radius 1 is 0.909 bits per heavy atom. The van der Waals surface area contributed by atoms with Crippen molar-refractivity contribution in [3.05, 3.63) is 0 Å². The van der Waals surface area contributed by atoms with Crippen LogP contribution in [0.4, 0.5) is 0 Å². The Kier molecular flexibility index (Phi) is 11.6. The first-order valence-electron chi connectivity index (χ1n) is 8.34. The van der Waals surface area contributed by atoms with Gasteiger partial charge in [-0.1, -0.05) is 26.2 Å². The maximum atomic E-state index is 12.1. The van der Waals surface area contributed by atoms with Gasteiger partial charge in [0.2, 0.25) is 5.91 Å². The molecule has 0 radical (unpaired) electrons. The zero-order valence-electron chi connectivity index (χ0n) is 14.5. The monoisotopic (exact) mass is 312 g/mol. The molecule has 2 atom stereocenters. The van der Waals surface area contributed by atoms with Gasteiger partial charge in [-0.25, -0.2) is 0 Å². The van der Waals surface area contributed by atoms with Gasteiger partial charge in [0.25, 0.3) is 0 Å². The second-order valence-electron chi connectivity index (χ2n) is 6.10. The molecule has 0 saturated carbocycles. The summed E-state index contributed by atoms with van der Waals surface area (Å²) in [5.41, 5.74) is 0. The Balaban J connectivity index is 4.32. The van der Waals surface area contributed by atoms with Crippen LogP contribution in [0.2, 0.25) is 0 Å². The lowest BCUT2D eigenvalue weighted by Crippen LogP contribution is -2.40. The second-order valence-corrected chi connectivity index (χ2v) is 6.10. The van der Waals surface area contributed by atoms with Crippen molar-refractivity contribution in [2.75, 3.05) is 7.05 Å². The van der Waals surface area contributed by atoms with Crippen LogP contribution >= 0.6 is 0 Å². The Morgan fingerprint density at radius 2 is 1.59 bits per heavy atom. The molecule has 0 aliphatic carbocycles. The van der Waals surface area contributed by atoms with Crippen molar-refractivity contribution >= 4 is 17.5 Å². The fraction of sp³-hybridized carbons (Fsp3) is 0.824. The first-order valence-corrected chi connectivity index (χ1v) is 8.34. The lowest BCUT2D eigenvalue weighted by molar-refractivity contribution is -0.123. The van der Waals surface area contributed by atoms with E-state index in [4.69, 9.17) is 0 Å². The maximum absolute atomic E-state index is 12.1. The minimum atomic E-state index is -0.0677. The molecule has 0 heterocycles. The van der Waals surface area contributed by atoms with Crippen LogP contribution in [0.25, 0.3) is 0 Å². The number of hydrogen-bond donors (Lipinski definition) is 2. The molecule has 0 aliphatic heterocycles. The zero-order chi connectivity index (χ0) is 17.0. The first kappa shape index (κ1) is 20.8. The smallest absolute Gasteiger partial charge is 0.221 e. The van der Waals surface area contributed by atoms with Crippen molar-refractivity contribution in [1.82, 2.24) is 10.6 Å². The molecule has 5 heteroatoms. The van der Waals surface area contributed by atoms with Gasteiger partial charge >= 0.3 is 0 Å².